The van der Waals surface area contributed by atoms with Crippen molar-refractivity contribution in [3.63, 3.8) is 0 Å². The van der Waals surface area contributed by atoms with E-state index < -0.39 is 0 Å². The SMILES string of the molecule is COc1ccccc1COC(CCNCc1ccccc1)c1ccccc1. The Morgan fingerprint density at radius 1 is 0.815 bits per heavy atom. The molecule has 0 bridgehead atoms. The second-order valence-corrected chi connectivity index (χ2v) is 6.47. The van der Waals surface area contributed by atoms with Crippen molar-refractivity contribution in [1.82, 2.24) is 5.32 Å². The Morgan fingerprint density at radius 2 is 1.48 bits per heavy atom. The molecule has 0 radical (unpaired) electrons. The first-order chi connectivity index (χ1) is 13.4. The Bertz CT molecular complexity index is 790. The molecule has 0 amide bonds. The molecule has 3 nitrogen and oxygen atoms in total. The maximum Gasteiger partial charge on any atom is 0.124 e. The van der Waals surface area contributed by atoms with Gasteiger partial charge in [-0.1, -0.05) is 78.9 Å². The van der Waals surface area contributed by atoms with Gasteiger partial charge in [-0.25, -0.2) is 0 Å². The van der Waals surface area contributed by atoms with Crippen LogP contribution in [0.4, 0.5) is 0 Å². The minimum atomic E-state index is 0.0411. The molecule has 0 aliphatic rings. The maximum absolute atomic E-state index is 6.29. The van der Waals surface area contributed by atoms with Crippen molar-refractivity contribution in [1.29, 1.82) is 0 Å². The second kappa shape index (κ2) is 10.5. The number of hydrogen-bond acceptors (Lipinski definition) is 3. The largest absolute Gasteiger partial charge is 0.496 e. The summed E-state index contributed by atoms with van der Waals surface area (Å²) in [7, 11) is 1.70. The third-order valence-electron chi connectivity index (χ3n) is 4.56. The van der Waals surface area contributed by atoms with Crippen molar-refractivity contribution in [2.24, 2.45) is 0 Å². The van der Waals surface area contributed by atoms with Crippen LogP contribution in [0, 0.1) is 0 Å². The summed E-state index contributed by atoms with van der Waals surface area (Å²) in [5.74, 6) is 0.867. The van der Waals surface area contributed by atoms with Gasteiger partial charge in [-0.15, -0.1) is 0 Å². The molecular weight excluding hydrogens is 334 g/mol. The lowest BCUT2D eigenvalue weighted by Crippen LogP contribution is -2.18. The fourth-order valence-corrected chi connectivity index (χ4v) is 3.09. The molecule has 0 saturated heterocycles. The summed E-state index contributed by atoms with van der Waals surface area (Å²) < 4.78 is 11.7. The van der Waals surface area contributed by atoms with Gasteiger partial charge in [0.1, 0.15) is 5.75 Å². The highest BCUT2D eigenvalue weighted by molar-refractivity contribution is 5.32. The van der Waals surface area contributed by atoms with Gasteiger partial charge >= 0.3 is 0 Å². The third kappa shape index (κ3) is 5.95. The fraction of sp³-hybridized carbons (Fsp3) is 0.250. The Balaban J connectivity index is 1.58. The molecule has 0 spiro atoms. The quantitative estimate of drug-likeness (QED) is 0.508. The van der Waals surface area contributed by atoms with Crippen molar-refractivity contribution in [3.05, 3.63) is 102 Å². The van der Waals surface area contributed by atoms with Crippen molar-refractivity contribution in [2.75, 3.05) is 13.7 Å². The molecular formula is C24H27NO2. The number of ether oxygens (including phenoxy) is 2. The highest BCUT2D eigenvalue weighted by Gasteiger charge is 2.13. The smallest absolute Gasteiger partial charge is 0.124 e. The molecule has 27 heavy (non-hydrogen) atoms. The van der Waals surface area contributed by atoms with Crippen LogP contribution >= 0.6 is 0 Å². The summed E-state index contributed by atoms with van der Waals surface area (Å²) in [5, 5.41) is 3.52. The number of rotatable bonds is 10. The van der Waals surface area contributed by atoms with Crippen LogP contribution in [-0.4, -0.2) is 13.7 Å². The molecule has 3 aromatic carbocycles. The summed E-state index contributed by atoms with van der Waals surface area (Å²) in [6.45, 7) is 2.29. The first-order valence-corrected chi connectivity index (χ1v) is 9.40. The van der Waals surface area contributed by atoms with Gasteiger partial charge in [0.05, 0.1) is 19.8 Å². The normalized spacial score (nSPS) is 11.9. The number of methoxy groups -OCH3 is 1. The van der Waals surface area contributed by atoms with Gasteiger partial charge in [-0.3, -0.25) is 0 Å². The highest BCUT2D eigenvalue weighted by Crippen LogP contribution is 2.25. The lowest BCUT2D eigenvalue weighted by Gasteiger charge is -2.20. The van der Waals surface area contributed by atoms with E-state index in [1.165, 1.54) is 11.1 Å². The summed E-state index contributed by atoms with van der Waals surface area (Å²) in [6.07, 6.45) is 0.950. The summed E-state index contributed by atoms with van der Waals surface area (Å²) >= 11 is 0. The summed E-state index contributed by atoms with van der Waals surface area (Å²) in [4.78, 5) is 0. The first-order valence-electron chi connectivity index (χ1n) is 9.40. The zero-order valence-corrected chi connectivity index (χ0v) is 15.8. The van der Waals surface area contributed by atoms with Crippen molar-refractivity contribution >= 4 is 0 Å². The molecule has 3 aromatic rings. The van der Waals surface area contributed by atoms with E-state index in [0.29, 0.717) is 6.61 Å². The van der Waals surface area contributed by atoms with E-state index in [2.05, 4.69) is 59.9 Å². The van der Waals surface area contributed by atoms with E-state index in [9.17, 15) is 0 Å². The van der Waals surface area contributed by atoms with Crippen LogP contribution in [-0.2, 0) is 17.9 Å². The predicted octanol–water partition coefficient (Wildman–Crippen LogP) is 5.13. The fourth-order valence-electron chi connectivity index (χ4n) is 3.09. The minimum Gasteiger partial charge on any atom is -0.496 e. The highest BCUT2D eigenvalue weighted by atomic mass is 16.5. The molecule has 1 unspecified atom stereocenters. The number of benzene rings is 3. The van der Waals surface area contributed by atoms with Crippen LogP contribution in [0.5, 0.6) is 5.75 Å². The molecule has 0 aromatic heterocycles. The molecule has 0 fully saturated rings. The van der Waals surface area contributed by atoms with E-state index >= 15 is 0 Å². The summed E-state index contributed by atoms with van der Waals surface area (Å²) in [6, 6.07) is 28.9. The maximum atomic E-state index is 6.29. The number of hydrogen-bond donors (Lipinski definition) is 1. The van der Waals surface area contributed by atoms with Gasteiger partial charge in [0.25, 0.3) is 0 Å². The molecule has 1 atom stereocenters. The van der Waals surface area contributed by atoms with Crippen LogP contribution < -0.4 is 10.1 Å². The first kappa shape index (κ1) is 19.2. The van der Waals surface area contributed by atoms with E-state index in [1.54, 1.807) is 7.11 Å². The summed E-state index contributed by atoms with van der Waals surface area (Å²) in [5.41, 5.74) is 3.57. The van der Waals surface area contributed by atoms with Crippen molar-refractivity contribution in [3.8, 4) is 5.75 Å². The molecule has 0 heterocycles. The van der Waals surface area contributed by atoms with Gasteiger partial charge in [0.15, 0.2) is 0 Å². The van der Waals surface area contributed by atoms with Gasteiger partial charge < -0.3 is 14.8 Å². The third-order valence-corrected chi connectivity index (χ3v) is 4.56. The van der Waals surface area contributed by atoms with Crippen LogP contribution in [0.25, 0.3) is 0 Å². The molecule has 3 heteroatoms. The average molecular weight is 361 g/mol. The van der Waals surface area contributed by atoms with E-state index in [4.69, 9.17) is 9.47 Å². The van der Waals surface area contributed by atoms with Crippen molar-refractivity contribution < 1.29 is 9.47 Å². The zero-order chi connectivity index (χ0) is 18.7. The molecule has 140 valence electrons. The number of para-hydroxylation sites is 1. The Hall–Kier alpha value is -2.62. The number of nitrogens with one attached hydrogen (secondary N) is 1. The van der Waals surface area contributed by atoms with E-state index in [0.717, 1.165) is 30.8 Å². The van der Waals surface area contributed by atoms with Gasteiger partial charge in [0, 0.05) is 12.1 Å². The lowest BCUT2D eigenvalue weighted by atomic mass is 10.1. The lowest BCUT2D eigenvalue weighted by molar-refractivity contribution is 0.0330. The predicted molar refractivity (Wildman–Crippen MR) is 110 cm³/mol. The Kier molecular flexibility index (Phi) is 7.45. The van der Waals surface area contributed by atoms with Crippen LogP contribution in [0.1, 0.15) is 29.2 Å². The topological polar surface area (TPSA) is 30.5 Å². The molecule has 1 N–H and O–H groups in total. The van der Waals surface area contributed by atoms with Crippen LogP contribution in [0.2, 0.25) is 0 Å². The standard InChI is InChI=1S/C24H27NO2/c1-26-23-15-9-8-14-22(23)19-27-24(21-12-6-3-7-13-21)16-17-25-18-20-10-4-2-5-11-20/h2-15,24-25H,16-19H2,1H3. The molecule has 3 rings (SSSR count). The zero-order valence-electron chi connectivity index (χ0n) is 15.8. The Morgan fingerprint density at radius 3 is 2.22 bits per heavy atom. The van der Waals surface area contributed by atoms with E-state index in [1.807, 2.05) is 30.3 Å². The van der Waals surface area contributed by atoms with Gasteiger partial charge in [-0.05, 0) is 30.2 Å². The average Bonchev–Trinajstić information content (AvgIpc) is 2.75. The second-order valence-electron chi connectivity index (χ2n) is 6.47. The molecule has 0 aliphatic heterocycles. The van der Waals surface area contributed by atoms with E-state index in [-0.39, 0.29) is 6.10 Å². The molecule has 0 aliphatic carbocycles. The van der Waals surface area contributed by atoms with Gasteiger partial charge in [-0.2, -0.15) is 0 Å². The monoisotopic (exact) mass is 361 g/mol. The van der Waals surface area contributed by atoms with Crippen LogP contribution in [0.15, 0.2) is 84.9 Å². The van der Waals surface area contributed by atoms with Crippen molar-refractivity contribution in [2.45, 2.75) is 25.7 Å². The van der Waals surface area contributed by atoms with Crippen LogP contribution in [0.3, 0.4) is 0 Å². The van der Waals surface area contributed by atoms with Gasteiger partial charge in [0.2, 0.25) is 0 Å². The minimum absolute atomic E-state index is 0.0411. The Labute approximate surface area is 162 Å². The molecule has 0 saturated carbocycles.